The van der Waals surface area contributed by atoms with Gasteiger partial charge in [-0.2, -0.15) is 29.9 Å². The molecule has 11 heterocycles. The van der Waals surface area contributed by atoms with Crippen LogP contribution in [-0.2, 0) is 39.2 Å². The van der Waals surface area contributed by atoms with Crippen molar-refractivity contribution in [2.75, 3.05) is 45.0 Å². The smallest absolute Gasteiger partial charge is 0.473 e. The van der Waals surface area contributed by atoms with E-state index in [-0.39, 0.29) is 110 Å². The molecule has 1 saturated heterocycles. The molecular weight excluding hydrogens is 1590 g/mol. The van der Waals surface area contributed by atoms with Crippen LogP contribution < -0.4 is 108 Å². The molecule has 0 atom stereocenters. The number of nitrogens with zero attached hydrogens (tertiary/aromatic N) is 13. The quantitative estimate of drug-likeness (QED) is 0.0124. The van der Waals surface area contributed by atoms with E-state index in [2.05, 4.69) is 218 Å². The number of carbonyl (C=O) groups excluding carboxylic acids is 1. The molecule has 0 bridgehead atoms. The monoisotopic (exact) mass is 1710 g/mol. The van der Waals surface area contributed by atoms with Crippen LogP contribution >= 0.6 is 0 Å². The van der Waals surface area contributed by atoms with Gasteiger partial charge in [0.1, 0.15) is 0 Å². The van der Waals surface area contributed by atoms with Crippen molar-refractivity contribution in [3.63, 3.8) is 0 Å². The molecule has 0 spiro atoms. The van der Waals surface area contributed by atoms with Gasteiger partial charge in [-0.1, -0.05) is 101 Å². The van der Waals surface area contributed by atoms with Gasteiger partial charge in [0, 0.05) is 103 Å². The third kappa shape index (κ3) is 27.3. The molecule has 17 rings (SSSR count). The Balaban J connectivity index is 0.000000194. The number of benzene rings is 3. The Morgan fingerprint density at radius 2 is 0.782 bits per heavy atom. The van der Waals surface area contributed by atoms with Gasteiger partial charge in [0.25, 0.3) is 0 Å². The third-order valence-electron chi connectivity index (χ3n) is 21.9. The fourth-order valence-corrected chi connectivity index (χ4v) is 15.3. The molecule has 10 aromatic heterocycles. The minimum atomic E-state index is -1.41. The Hall–Kier alpha value is -9.52. The van der Waals surface area contributed by atoms with Gasteiger partial charge in [0.05, 0.1) is 69.1 Å². The normalized spacial score (nSPS) is 17.1. The predicted molar refractivity (Wildman–Crippen MR) is 480 cm³/mol. The second-order valence-corrected chi connectivity index (χ2v) is 31.8. The third-order valence-corrected chi connectivity index (χ3v) is 21.9. The summed E-state index contributed by atoms with van der Waals surface area (Å²) in [5.74, 6) is 4.19. The summed E-state index contributed by atoms with van der Waals surface area (Å²) in [6.45, 7) is 24.4. The standard InChI is InChI=1S/C31H43N7O.C27H33N7O2.C25H31N7O.C4H5BO3.CHO3.2CH4.2Na/c1-5-16-37(17-6-2)27-13-11-26(12-14-27)34-31-35-29(28-30(36-31)38(21-33-28)22(3)4)32-19-23-7-9-24(10-8-23)25-15-18-39-20-25;1-17(2)34-16-29-24-25(28-14-19-4-6-20(7-5-19)21-12-13-36-15-21)32-27(33-26(24)34)31-23-10-8-22(9-11-23)30-18(3)35;1-16(2)32-15-28-22-23(27-13-17-3-5-18(6-4-17)19-11-12-33-14-19)30-25(31-24(22)32)29-21-9-7-20(26)8-10-21;6-5(7)4-1-2-8-3-4;1-2-4-3-1;;;;/h7-10,15,18,20-22,26-27H,5-6,11-14,16-17,19H2,1-4H3,(H2,32,34,35,36);4-7,12-13,15-17,22-23H,8-11,14H2,1-3H3,(H,30,35)(H2,28,31,32,33);3-6,11-12,14-16,20-21H,7-10,13,26H2,1-2H3,(H2,27,29,30,31);1-3,6-7H;1H;2*1H4;;/q;;;;-1;;;2*+1. The van der Waals surface area contributed by atoms with Crippen molar-refractivity contribution >= 4 is 87.3 Å². The van der Waals surface area contributed by atoms with Gasteiger partial charge in [-0.15, -0.1) is 5.04 Å². The van der Waals surface area contributed by atoms with Gasteiger partial charge in [-0.05, 0) is 209 Å². The van der Waals surface area contributed by atoms with Gasteiger partial charge < -0.3 is 99.0 Å². The minimum absolute atomic E-state index is 0. The Kier molecular flexibility index (Phi) is 38.7. The van der Waals surface area contributed by atoms with E-state index in [1.54, 1.807) is 44.5 Å². The maximum absolute atomic E-state index is 11.4. The minimum Gasteiger partial charge on any atom is -0.473 e. The zero-order valence-corrected chi connectivity index (χ0v) is 75.9. The maximum atomic E-state index is 11.4. The van der Waals surface area contributed by atoms with E-state index in [0.717, 1.165) is 161 Å². The SMILES string of the molecule is C.C.CC(=O)NC1CCC(Nc2nc(NCc3ccc(-c4ccoc4)cc3)c3ncn(C(C)C)c3n2)CC1.CC(C)n1cnc2c(NCc3ccc(-c4ccoc4)cc3)nc(NC3CCC(N)CC3)nc21.CCCN(CCC)C1CCC(Nc2nc(NCc3ccc(-c4ccoc4)cc3)c3ncn(C(C)C)c3n2)CC1.OB(O)c1ccoc1.[CH-]1OOO1.[Na+].[Na+]. The van der Waals surface area contributed by atoms with Crippen molar-refractivity contribution in [2.24, 2.45) is 5.73 Å². The number of nitrogens with two attached hydrogens (primary N) is 1. The number of rotatable bonds is 28. The molecule has 1 aliphatic heterocycles. The first-order valence-corrected chi connectivity index (χ1v) is 41.9. The van der Waals surface area contributed by atoms with E-state index in [1.807, 2.05) is 37.2 Å². The number of imidazole rings is 3. The second-order valence-electron chi connectivity index (χ2n) is 31.8. The van der Waals surface area contributed by atoms with Gasteiger partial charge in [0.2, 0.25) is 23.8 Å². The van der Waals surface area contributed by atoms with Gasteiger partial charge >= 0.3 is 66.2 Å². The number of aromatic nitrogens is 12. The van der Waals surface area contributed by atoms with Crippen LogP contribution in [0, 0.1) is 6.79 Å². The summed E-state index contributed by atoms with van der Waals surface area (Å²) in [7, 11) is -1.41. The summed E-state index contributed by atoms with van der Waals surface area (Å²) >= 11 is 0. The molecule has 31 nitrogen and oxygen atoms in total. The van der Waals surface area contributed by atoms with Crippen molar-refractivity contribution < 1.29 is 106 Å². The number of furan rings is 4. The summed E-state index contributed by atoms with van der Waals surface area (Å²) in [4.78, 5) is 64.9. The topological polar surface area (TPSA) is 382 Å². The first kappa shape index (κ1) is 98.3. The van der Waals surface area contributed by atoms with E-state index in [1.165, 1.54) is 62.9 Å². The van der Waals surface area contributed by atoms with E-state index >= 15 is 0 Å². The Bertz CT molecular complexity index is 5210. The molecule has 11 N–H and O–H groups in total. The van der Waals surface area contributed by atoms with E-state index in [4.69, 9.17) is 58.9 Å². The average Bonchev–Trinajstić information content (AvgIpc) is 1.64. The number of amides is 1. The Morgan fingerprint density at radius 1 is 0.468 bits per heavy atom. The molecule has 650 valence electrons. The first-order valence-electron chi connectivity index (χ1n) is 41.9. The van der Waals surface area contributed by atoms with Crippen LogP contribution in [0.4, 0.5) is 35.3 Å². The van der Waals surface area contributed by atoms with E-state index < -0.39 is 7.12 Å². The largest absolute Gasteiger partial charge is 1.00 e. The second kappa shape index (κ2) is 48.8. The molecule has 3 aromatic carbocycles. The Labute approximate surface area is 771 Å². The summed E-state index contributed by atoms with van der Waals surface area (Å²) in [6.07, 6.45) is 33.7. The molecular formula is C90H121BN21Na2O10+. The molecule has 3 aliphatic carbocycles. The molecule has 34 heteroatoms. The first-order chi connectivity index (χ1) is 58.4. The number of hydrogen-bond donors (Lipinski definition) is 10. The number of anilines is 6. The number of carbonyl (C=O) groups is 1. The van der Waals surface area contributed by atoms with Gasteiger partial charge in [0.15, 0.2) is 50.9 Å². The molecule has 4 aliphatic rings. The van der Waals surface area contributed by atoms with Crippen molar-refractivity contribution in [1.29, 1.82) is 0 Å². The molecule has 4 fully saturated rings. The fourth-order valence-electron chi connectivity index (χ4n) is 15.3. The van der Waals surface area contributed by atoms with E-state index in [9.17, 15) is 4.79 Å². The van der Waals surface area contributed by atoms with Crippen LogP contribution in [-0.4, -0.2) is 136 Å². The predicted octanol–water partition coefficient (Wildman–Crippen LogP) is 11.5. The van der Waals surface area contributed by atoms with Crippen molar-refractivity contribution in [1.82, 2.24) is 68.8 Å². The molecule has 1 amide bonds. The molecule has 3 saturated carbocycles. The summed E-state index contributed by atoms with van der Waals surface area (Å²) < 4.78 is 26.4. The van der Waals surface area contributed by atoms with Crippen LogP contribution in [0.25, 0.3) is 66.9 Å². The fraction of sp³-hybridized carbons (Fsp3) is 0.433. The molecule has 0 radical (unpaired) electrons. The van der Waals surface area contributed by atoms with Crippen molar-refractivity contribution in [2.45, 2.75) is 241 Å². The van der Waals surface area contributed by atoms with Gasteiger partial charge in [-0.3, -0.25) is 4.79 Å². The molecule has 13 aromatic rings. The van der Waals surface area contributed by atoms with Crippen molar-refractivity contribution in [3.05, 3.63) is 190 Å². The van der Waals surface area contributed by atoms with Crippen LogP contribution in [0.2, 0.25) is 0 Å². The van der Waals surface area contributed by atoms with E-state index in [0.29, 0.717) is 72.9 Å². The summed E-state index contributed by atoms with van der Waals surface area (Å²) in [5, 5.41) is 44.8. The summed E-state index contributed by atoms with van der Waals surface area (Å²) in [6, 6.07) is 35.8. The number of hydrogen-bond acceptors (Lipinski definition) is 27. The van der Waals surface area contributed by atoms with Crippen LogP contribution in [0.1, 0.15) is 202 Å². The number of fused-ring (bicyclic) bond motifs is 3. The Morgan fingerprint density at radius 3 is 1.06 bits per heavy atom. The van der Waals surface area contributed by atoms with Crippen LogP contribution in [0.15, 0.2) is 184 Å². The number of nitrogens with one attached hydrogen (secondary N) is 7. The average molecular weight is 1710 g/mol. The van der Waals surface area contributed by atoms with Crippen molar-refractivity contribution in [3.8, 4) is 33.4 Å². The maximum Gasteiger partial charge on any atom is 1.00 e. The zero-order valence-electron chi connectivity index (χ0n) is 71.9. The molecule has 0 unspecified atom stereocenters. The van der Waals surface area contributed by atoms with Gasteiger partial charge in [-0.25, -0.2) is 15.0 Å². The zero-order chi connectivity index (χ0) is 83.9. The van der Waals surface area contributed by atoms with Crippen LogP contribution in [0.3, 0.4) is 0 Å². The summed E-state index contributed by atoms with van der Waals surface area (Å²) in [5.41, 5.74) is 21.4. The molecule has 124 heavy (non-hydrogen) atoms. The van der Waals surface area contributed by atoms with Crippen LogP contribution in [0.5, 0.6) is 0 Å².